The van der Waals surface area contributed by atoms with E-state index in [1.807, 2.05) is 37.3 Å². The molecule has 2 rings (SSSR count). The molecule has 0 spiro atoms. The van der Waals surface area contributed by atoms with E-state index in [-0.39, 0.29) is 12.5 Å². The van der Waals surface area contributed by atoms with Gasteiger partial charge < -0.3 is 20.7 Å². The van der Waals surface area contributed by atoms with E-state index in [4.69, 9.17) is 5.73 Å². The Labute approximate surface area is 124 Å². The molecule has 0 aliphatic rings. The molecule has 21 heavy (non-hydrogen) atoms. The van der Waals surface area contributed by atoms with Gasteiger partial charge in [0, 0.05) is 12.7 Å². The standard InChI is InChI=1S/C16H21N3O2/c1-3-19-10-13(17)9-14(19)15(21)18-16(2,11-20)12-7-5-4-6-8-12/h4-10,20H,3,11,17H2,1-2H3,(H,18,21). The Morgan fingerprint density at radius 2 is 2.05 bits per heavy atom. The van der Waals surface area contributed by atoms with Gasteiger partial charge in [-0.2, -0.15) is 0 Å². The van der Waals surface area contributed by atoms with Crippen LogP contribution in [0.25, 0.3) is 0 Å². The molecule has 0 saturated carbocycles. The molecule has 1 aromatic heterocycles. The summed E-state index contributed by atoms with van der Waals surface area (Å²) in [6.07, 6.45) is 1.73. The molecule has 0 aliphatic heterocycles. The summed E-state index contributed by atoms with van der Waals surface area (Å²) in [5.41, 5.74) is 6.80. The molecular formula is C16H21N3O2. The van der Waals surface area contributed by atoms with Gasteiger partial charge in [0.15, 0.2) is 0 Å². The predicted molar refractivity (Wildman–Crippen MR) is 82.9 cm³/mol. The third-order valence-electron chi connectivity index (χ3n) is 3.61. The fraction of sp³-hybridized carbons (Fsp3) is 0.312. The number of anilines is 1. The van der Waals surface area contributed by atoms with E-state index in [9.17, 15) is 9.90 Å². The number of carbonyl (C=O) groups excluding carboxylic acids is 1. The number of aliphatic hydroxyl groups is 1. The lowest BCUT2D eigenvalue weighted by atomic mass is 9.92. The third-order valence-corrected chi connectivity index (χ3v) is 3.61. The summed E-state index contributed by atoms with van der Waals surface area (Å²) in [6.45, 7) is 4.20. The van der Waals surface area contributed by atoms with E-state index in [0.717, 1.165) is 5.56 Å². The molecule has 112 valence electrons. The number of benzene rings is 1. The first kappa shape index (κ1) is 15.1. The van der Waals surface area contributed by atoms with Crippen molar-refractivity contribution in [2.75, 3.05) is 12.3 Å². The van der Waals surface area contributed by atoms with E-state index < -0.39 is 5.54 Å². The maximum Gasteiger partial charge on any atom is 0.268 e. The SMILES string of the molecule is CCn1cc(N)cc1C(=O)NC(C)(CO)c1ccccc1. The van der Waals surface area contributed by atoms with E-state index in [0.29, 0.717) is 17.9 Å². The van der Waals surface area contributed by atoms with Crippen LogP contribution < -0.4 is 11.1 Å². The molecule has 1 atom stereocenters. The lowest BCUT2D eigenvalue weighted by molar-refractivity contribution is 0.0840. The van der Waals surface area contributed by atoms with Crippen molar-refractivity contribution in [1.82, 2.24) is 9.88 Å². The van der Waals surface area contributed by atoms with Gasteiger partial charge in [0.1, 0.15) is 5.69 Å². The van der Waals surface area contributed by atoms with Gasteiger partial charge in [-0.25, -0.2) is 0 Å². The first-order valence-corrected chi connectivity index (χ1v) is 6.94. The Hall–Kier alpha value is -2.27. The summed E-state index contributed by atoms with van der Waals surface area (Å²) in [5.74, 6) is -0.256. The minimum Gasteiger partial charge on any atom is -0.397 e. The van der Waals surface area contributed by atoms with E-state index in [1.165, 1.54) is 0 Å². The molecule has 0 bridgehead atoms. The molecule has 2 aromatic rings. The van der Waals surface area contributed by atoms with Crippen molar-refractivity contribution in [2.45, 2.75) is 25.9 Å². The van der Waals surface area contributed by atoms with Crippen molar-refractivity contribution in [3.8, 4) is 0 Å². The fourth-order valence-electron chi connectivity index (χ4n) is 2.31. The highest BCUT2D eigenvalue weighted by atomic mass is 16.3. The Bertz CT molecular complexity index is 622. The number of aromatic nitrogens is 1. The zero-order chi connectivity index (χ0) is 15.5. The van der Waals surface area contributed by atoms with Gasteiger partial charge >= 0.3 is 0 Å². The molecule has 5 heteroatoms. The molecule has 0 radical (unpaired) electrons. The minimum absolute atomic E-state index is 0.189. The highest BCUT2D eigenvalue weighted by Gasteiger charge is 2.29. The van der Waals surface area contributed by atoms with Crippen molar-refractivity contribution >= 4 is 11.6 Å². The second-order valence-electron chi connectivity index (χ2n) is 5.26. The summed E-state index contributed by atoms with van der Waals surface area (Å²) in [7, 11) is 0. The van der Waals surface area contributed by atoms with Crippen LogP contribution in [0.3, 0.4) is 0 Å². The summed E-state index contributed by atoms with van der Waals surface area (Å²) in [5, 5.41) is 12.6. The van der Waals surface area contributed by atoms with Crippen LogP contribution in [0, 0.1) is 0 Å². The number of hydrogen-bond acceptors (Lipinski definition) is 3. The molecule has 4 N–H and O–H groups in total. The molecular weight excluding hydrogens is 266 g/mol. The Kier molecular flexibility index (Phi) is 4.33. The van der Waals surface area contributed by atoms with Crippen molar-refractivity contribution in [3.05, 3.63) is 53.9 Å². The smallest absolute Gasteiger partial charge is 0.268 e. The van der Waals surface area contributed by atoms with Crippen LogP contribution >= 0.6 is 0 Å². The second-order valence-corrected chi connectivity index (χ2v) is 5.26. The number of aryl methyl sites for hydroxylation is 1. The van der Waals surface area contributed by atoms with Crippen LogP contribution in [0.2, 0.25) is 0 Å². The van der Waals surface area contributed by atoms with E-state index >= 15 is 0 Å². The topological polar surface area (TPSA) is 80.3 Å². The van der Waals surface area contributed by atoms with Gasteiger partial charge in [0.2, 0.25) is 0 Å². The average Bonchev–Trinajstić information content (AvgIpc) is 2.89. The van der Waals surface area contributed by atoms with Crippen LogP contribution in [0.15, 0.2) is 42.6 Å². The van der Waals surface area contributed by atoms with Crippen LogP contribution in [0.1, 0.15) is 29.9 Å². The lowest BCUT2D eigenvalue weighted by Gasteiger charge is -2.29. The molecule has 1 heterocycles. The molecule has 0 aliphatic carbocycles. The molecule has 0 fully saturated rings. The van der Waals surface area contributed by atoms with Crippen molar-refractivity contribution < 1.29 is 9.90 Å². The Balaban J connectivity index is 2.28. The Morgan fingerprint density at radius 3 is 2.62 bits per heavy atom. The molecule has 1 aromatic carbocycles. The van der Waals surface area contributed by atoms with Crippen molar-refractivity contribution in [1.29, 1.82) is 0 Å². The minimum atomic E-state index is -0.837. The molecule has 0 saturated heterocycles. The maximum absolute atomic E-state index is 12.5. The number of nitrogens with one attached hydrogen (secondary N) is 1. The largest absolute Gasteiger partial charge is 0.397 e. The summed E-state index contributed by atoms with van der Waals surface area (Å²) in [4.78, 5) is 12.5. The first-order valence-electron chi connectivity index (χ1n) is 6.94. The summed E-state index contributed by atoms with van der Waals surface area (Å²) >= 11 is 0. The van der Waals surface area contributed by atoms with Gasteiger partial charge in [0.25, 0.3) is 5.91 Å². The monoisotopic (exact) mass is 287 g/mol. The zero-order valence-electron chi connectivity index (χ0n) is 12.3. The highest BCUT2D eigenvalue weighted by Crippen LogP contribution is 2.21. The van der Waals surface area contributed by atoms with E-state index in [1.54, 1.807) is 23.8 Å². The highest BCUT2D eigenvalue weighted by molar-refractivity contribution is 5.94. The number of carbonyl (C=O) groups is 1. The number of amides is 1. The van der Waals surface area contributed by atoms with E-state index in [2.05, 4.69) is 5.32 Å². The van der Waals surface area contributed by atoms with Crippen molar-refractivity contribution in [3.63, 3.8) is 0 Å². The van der Waals surface area contributed by atoms with Gasteiger partial charge in [-0.15, -0.1) is 0 Å². The van der Waals surface area contributed by atoms with Gasteiger partial charge in [-0.1, -0.05) is 30.3 Å². The molecule has 1 amide bonds. The second kappa shape index (κ2) is 6.01. The summed E-state index contributed by atoms with van der Waals surface area (Å²) < 4.78 is 1.79. The number of aliphatic hydroxyl groups excluding tert-OH is 1. The van der Waals surface area contributed by atoms with Crippen molar-refractivity contribution in [2.24, 2.45) is 0 Å². The first-order chi connectivity index (χ1) is 10.00. The van der Waals surface area contributed by atoms with Crippen LogP contribution in [0.5, 0.6) is 0 Å². The van der Waals surface area contributed by atoms with Gasteiger partial charge in [-0.3, -0.25) is 4.79 Å². The molecule has 1 unspecified atom stereocenters. The van der Waals surface area contributed by atoms with Gasteiger partial charge in [-0.05, 0) is 25.5 Å². The lowest BCUT2D eigenvalue weighted by Crippen LogP contribution is -2.46. The van der Waals surface area contributed by atoms with Crippen LogP contribution in [-0.2, 0) is 12.1 Å². The average molecular weight is 287 g/mol. The normalized spacial score (nSPS) is 13.7. The van der Waals surface area contributed by atoms with Crippen LogP contribution in [-0.4, -0.2) is 22.2 Å². The number of hydrogen-bond donors (Lipinski definition) is 3. The number of nitrogens with two attached hydrogens (primary N) is 1. The van der Waals surface area contributed by atoms with Gasteiger partial charge in [0.05, 0.1) is 17.8 Å². The summed E-state index contributed by atoms with van der Waals surface area (Å²) in [6, 6.07) is 11.0. The fourth-order valence-corrected chi connectivity index (χ4v) is 2.31. The quantitative estimate of drug-likeness (QED) is 0.783. The number of nitrogens with zero attached hydrogens (tertiary/aromatic N) is 1. The Morgan fingerprint density at radius 1 is 1.38 bits per heavy atom. The van der Waals surface area contributed by atoms with Crippen LogP contribution in [0.4, 0.5) is 5.69 Å². The molecule has 5 nitrogen and oxygen atoms in total. The third kappa shape index (κ3) is 3.08. The number of rotatable bonds is 5. The predicted octanol–water partition coefficient (Wildman–Crippen LogP) is 1.73. The maximum atomic E-state index is 12.5. The zero-order valence-corrected chi connectivity index (χ0v) is 12.3. The number of nitrogen functional groups attached to an aromatic ring is 1.